The zero-order valence-corrected chi connectivity index (χ0v) is 16.2. The number of hydrogen-bond acceptors (Lipinski definition) is 2. The third kappa shape index (κ3) is 3.87. The molecular formula is C20H20Cl2N2O2. The highest BCUT2D eigenvalue weighted by Gasteiger charge is 2.35. The van der Waals surface area contributed by atoms with Crippen molar-refractivity contribution in [3.05, 3.63) is 63.1 Å². The van der Waals surface area contributed by atoms with Gasteiger partial charge >= 0.3 is 0 Å². The lowest BCUT2D eigenvalue weighted by Crippen LogP contribution is -2.32. The number of aryl methyl sites for hydroxylation is 1. The molecule has 136 valence electrons. The van der Waals surface area contributed by atoms with E-state index in [1.807, 2.05) is 32.0 Å². The summed E-state index contributed by atoms with van der Waals surface area (Å²) >= 11 is 12.0. The highest BCUT2D eigenvalue weighted by molar-refractivity contribution is 6.35. The molecule has 3 rings (SSSR count). The number of halogens is 2. The number of nitrogens with one attached hydrogen (secondary N) is 1. The van der Waals surface area contributed by atoms with Crippen LogP contribution >= 0.6 is 23.2 Å². The Morgan fingerprint density at radius 3 is 2.73 bits per heavy atom. The number of anilines is 1. The van der Waals surface area contributed by atoms with Gasteiger partial charge in [0.15, 0.2) is 0 Å². The predicted octanol–water partition coefficient (Wildman–Crippen LogP) is 4.28. The van der Waals surface area contributed by atoms with Crippen molar-refractivity contribution in [3.8, 4) is 0 Å². The van der Waals surface area contributed by atoms with Crippen LogP contribution in [0.15, 0.2) is 36.4 Å². The van der Waals surface area contributed by atoms with E-state index in [-0.39, 0.29) is 24.2 Å². The van der Waals surface area contributed by atoms with Gasteiger partial charge in [0, 0.05) is 35.2 Å². The number of nitrogens with zero attached hydrogens (tertiary/aromatic N) is 1. The van der Waals surface area contributed by atoms with E-state index >= 15 is 0 Å². The van der Waals surface area contributed by atoms with Gasteiger partial charge in [-0.25, -0.2) is 0 Å². The lowest BCUT2D eigenvalue weighted by atomic mass is 10.1. The van der Waals surface area contributed by atoms with E-state index in [0.29, 0.717) is 23.1 Å². The van der Waals surface area contributed by atoms with Gasteiger partial charge in [0.25, 0.3) is 0 Å². The van der Waals surface area contributed by atoms with Gasteiger partial charge in [-0.1, -0.05) is 41.4 Å². The van der Waals surface area contributed by atoms with Crippen LogP contribution in [0, 0.1) is 19.8 Å². The second-order valence-electron chi connectivity index (χ2n) is 6.58. The molecule has 0 spiro atoms. The maximum atomic E-state index is 12.5. The molecular weight excluding hydrogens is 371 g/mol. The fourth-order valence-electron chi connectivity index (χ4n) is 3.14. The molecule has 26 heavy (non-hydrogen) atoms. The van der Waals surface area contributed by atoms with Gasteiger partial charge in [0.2, 0.25) is 11.8 Å². The van der Waals surface area contributed by atoms with Crippen LogP contribution in [0.5, 0.6) is 0 Å². The molecule has 2 aromatic carbocycles. The summed E-state index contributed by atoms with van der Waals surface area (Å²) in [5.74, 6) is -0.533. The molecule has 6 heteroatoms. The Labute approximate surface area is 163 Å². The highest BCUT2D eigenvalue weighted by atomic mass is 35.5. The average molecular weight is 391 g/mol. The minimum Gasteiger partial charge on any atom is -0.352 e. The fraction of sp³-hybridized carbons (Fsp3) is 0.300. The predicted molar refractivity (Wildman–Crippen MR) is 105 cm³/mol. The van der Waals surface area contributed by atoms with E-state index in [9.17, 15) is 9.59 Å². The Morgan fingerprint density at radius 2 is 2.00 bits per heavy atom. The molecule has 1 saturated heterocycles. The number of hydrogen-bond donors (Lipinski definition) is 1. The van der Waals surface area contributed by atoms with E-state index in [1.165, 1.54) is 0 Å². The van der Waals surface area contributed by atoms with Gasteiger partial charge in [0.05, 0.1) is 5.92 Å². The topological polar surface area (TPSA) is 49.4 Å². The molecule has 0 radical (unpaired) electrons. The zero-order valence-electron chi connectivity index (χ0n) is 14.7. The minimum atomic E-state index is -0.367. The second-order valence-corrected chi connectivity index (χ2v) is 7.42. The van der Waals surface area contributed by atoms with Crippen molar-refractivity contribution in [1.29, 1.82) is 0 Å². The summed E-state index contributed by atoms with van der Waals surface area (Å²) < 4.78 is 0. The normalized spacial score (nSPS) is 16.8. The summed E-state index contributed by atoms with van der Waals surface area (Å²) in [7, 11) is 0. The van der Waals surface area contributed by atoms with Crippen molar-refractivity contribution in [1.82, 2.24) is 5.32 Å². The smallest absolute Gasteiger partial charge is 0.227 e. The molecule has 4 nitrogen and oxygen atoms in total. The molecule has 0 unspecified atom stereocenters. The monoisotopic (exact) mass is 390 g/mol. The van der Waals surface area contributed by atoms with Gasteiger partial charge in [-0.2, -0.15) is 0 Å². The second kappa shape index (κ2) is 7.68. The van der Waals surface area contributed by atoms with E-state index in [4.69, 9.17) is 23.2 Å². The Hall–Kier alpha value is -2.04. The van der Waals surface area contributed by atoms with Crippen LogP contribution in [-0.4, -0.2) is 18.4 Å². The molecule has 0 aliphatic carbocycles. The van der Waals surface area contributed by atoms with E-state index in [0.717, 1.165) is 22.4 Å². The first-order chi connectivity index (χ1) is 12.4. The van der Waals surface area contributed by atoms with Crippen LogP contribution in [0.1, 0.15) is 23.1 Å². The fourth-order valence-corrected chi connectivity index (χ4v) is 3.61. The molecule has 1 N–H and O–H groups in total. The maximum Gasteiger partial charge on any atom is 0.227 e. The number of amides is 2. The standard InChI is InChI=1S/C20H20Cl2N2O2/c1-12-4-3-5-18(13(12)2)24-11-15(8-19(24)25)20(26)23-10-14-6-7-16(21)9-17(14)22/h3-7,9,15H,8,10-11H2,1-2H3,(H,23,26)/t15-/m0/s1. The largest absolute Gasteiger partial charge is 0.352 e. The summed E-state index contributed by atoms with van der Waals surface area (Å²) in [5.41, 5.74) is 3.86. The van der Waals surface area contributed by atoms with Crippen LogP contribution in [0.2, 0.25) is 10.0 Å². The first kappa shape index (κ1) is 18.7. The van der Waals surface area contributed by atoms with Crippen LogP contribution < -0.4 is 10.2 Å². The van der Waals surface area contributed by atoms with Crippen molar-refractivity contribution in [2.75, 3.05) is 11.4 Å². The Kier molecular flexibility index (Phi) is 5.54. The number of carbonyl (C=O) groups is 2. The first-order valence-corrected chi connectivity index (χ1v) is 9.20. The Balaban J connectivity index is 1.66. The molecule has 1 heterocycles. The van der Waals surface area contributed by atoms with E-state index in [2.05, 4.69) is 5.32 Å². The molecule has 0 bridgehead atoms. The third-order valence-electron chi connectivity index (χ3n) is 4.83. The third-order valence-corrected chi connectivity index (χ3v) is 5.42. The van der Waals surface area contributed by atoms with Crippen molar-refractivity contribution < 1.29 is 9.59 Å². The number of carbonyl (C=O) groups excluding carboxylic acids is 2. The van der Waals surface area contributed by atoms with E-state index in [1.54, 1.807) is 23.1 Å². The molecule has 0 saturated carbocycles. The van der Waals surface area contributed by atoms with Crippen molar-refractivity contribution in [2.24, 2.45) is 5.92 Å². The zero-order chi connectivity index (χ0) is 18.8. The molecule has 1 fully saturated rings. The summed E-state index contributed by atoms with van der Waals surface area (Å²) in [5, 5.41) is 3.94. The molecule has 1 aliphatic rings. The number of rotatable bonds is 4. The van der Waals surface area contributed by atoms with Crippen molar-refractivity contribution in [2.45, 2.75) is 26.8 Å². The molecule has 1 aliphatic heterocycles. The lowest BCUT2D eigenvalue weighted by molar-refractivity contribution is -0.126. The van der Waals surface area contributed by atoms with Gasteiger partial charge in [-0.15, -0.1) is 0 Å². The van der Waals surface area contributed by atoms with Crippen molar-refractivity contribution >= 4 is 40.7 Å². The van der Waals surface area contributed by atoms with Gasteiger partial charge in [-0.3, -0.25) is 9.59 Å². The molecule has 1 atom stereocenters. The van der Waals surface area contributed by atoms with Crippen LogP contribution in [0.3, 0.4) is 0 Å². The maximum absolute atomic E-state index is 12.5. The van der Waals surface area contributed by atoms with Crippen LogP contribution in [0.25, 0.3) is 0 Å². The van der Waals surface area contributed by atoms with Gasteiger partial charge in [-0.05, 0) is 48.7 Å². The summed E-state index contributed by atoms with van der Waals surface area (Å²) in [6.45, 7) is 4.71. The molecule has 2 aromatic rings. The van der Waals surface area contributed by atoms with Crippen LogP contribution in [-0.2, 0) is 16.1 Å². The summed E-state index contributed by atoms with van der Waals surface area (Å²) in [6.07, 6.45) is 0.216. The molecule has 0 aromatic heterocycles. The first-order valence-electron chi connectivity index (χ1n) is 8.45. The van der Waals surface area contributed by atoms with E-state index < -0.39 is 0 Å². The highest BCUT2D eigenvalue weighted by Crippen LogP contribution is 2.29. The van der Waals surface area contributed by atoms with Gasteiger partial charge < -0.3 is 10.2 Å². The lowest BCUT2D eigenvalue weighted by Gasteiger charge is -2.20. The van der Waals surface area contributed by atoms with Gasteiger partial charge in [0.1, 0.15) is 0 Å². The average Bonchev–Trinajstić information content (AvgIpc) is 2.98. The minimum absolute atomic E-state index is 0.0247. The van der Waals surface area contributed by atoms with Crippen LogP contribution in [0.4, 0.5) is 5.69 Å². The SMILES string of the molecule is Cc1cccc(N2C[C@@H](C(=O)NCc3ccc(Cl)cc3Cl)CC2=O)c1C. The molecule has 2 amide bonds. The number of benzene rings is 2. The Bertz CT molecular complexity index is 867. The van der Waals surface area contributed by atoms with Crippen molar-refractivity contribution in [3.63, 3.8) is 0 Å². The Morgan fingerprint density at radius 1 is 1.23 bits per heavy atom. The summed E-state index contributed by atoms with van der Waals surface area (Å²) in [6, 6.07) is 11.0. The quantitative estimate of drug-likeness (QED) is 0.846. The summed E-state index contributed by atoms with van der Waals surface area (Å²) in [4.78, 5) is 26.7.